The van der Waals surface area contributed by atoms with Crippen molar-refractivity contribution in [2.75, 3.05) is 0 Å². The topological polar surface area (TPSA) is 47.3 Å². The molecule has 0 aliphatic heterocycles. The van der Waals surface area contributed by atoms with Crippen LogP contribution >= 0.6 is 0 Å². The fourth-order valence-electron chi connectivity index (χ4n) is 1.27. The number of carbonyl (C=O) groups is 1. The van der Waals surface area contributed by atoms with Crippen LogP contribution in [0.15, 0.2) is 12.3 Å². The fourth-order valence-corrected chi connectivity index (χ4v) is 1.27. The van der Waals surface area contributed by atoms with Crippen LogP contribution in [0.2, 0.25) is 0 Å². The lowest BCUT2D eigenvalue weighted by molar-refractivity contribution is 0.101. The van der Waals surface area contributed by atoms with Crippen LogP contribution in [0.3, 0.4) is 0 Å². The van der Waals surface area contributed by atoms with E-state index in [2.05, 4.69) is 10.1 Å². The molecule has 0 amide bonds. The Morgan fingerprint density at radius 1 is 1.43 bits per heavy atom. The second-order valence-corrected chi connectivity index (χ2v) is 3.40. The molecule has 0 atom stereocenters. The van der Waals surface area contributed by atoms with Crippen molar-refractivity contribution < 1.29 is 4.79 Å². The van der Waals surface area contributed by atoms with Crippen LogP contribution in [0.1, 0.15) is 28.7 Å². The van der Waals surface area contributed by atoms with E-state index in [9.17, 15) is 4.79 Å². The Hall–Kier alpha value is -1.71. The minimum absolute atomic E-state index is 0.0363. The van der Waals surface area contributed by atoms with Gasteiger partial charge in [0, 0.05) is 24.9 Å². The second kappa shape index (κ2) is 2.90. The smallest absolute Gasteiger partial charge is 0.180 e. The van der Waals surface area contributed by atoms with E-state index in [1.54, 1.807) is 10.6 Å². The lowest BCUT2D eigenvalue weighted by Crippen LogP contribution is -1.96. The van der Waals surface area contributed by atoms with Gasteiger partial charge in [0.15, 0.2) is 11.4 Å². The Balaban J connectivity index is 2.72. The number of carbonyl (C=O) groups excluding carboxylic acids is 1. The van der Waals surface area contributed by atoms with Gasteiger partial charge in [0.2, 0.25) is 0 Å². The molecular formula is C10H11N3O. The van der Waals surface area contributed by atoms with Crippen molar-refractivity contribution in [1.82, 2.24) is 14.6 Å². The Morgan fingerprint density at radius 2 is 2.14 bits per heavy atom. The molecule has 0 unspecified atom stereocenters. The average molecular weight is 189 g/mol. The number of fused-ring (bicyclic) bond motifs is 1. The van der Waals surface area contributed by atoms with Gasteiger partial charge in [0.05, 0.1) is 0 Å². The van der Waals surface area contributed by atoms with Gasteiger partial charge in [-0.05, 0) is 19.4 Å². The van der Waals surface area contributed by atoms with Gasteiger partial charge in [-0.25, -0.2) is 9.50 Å². The van der Waals surface area contributed by atoms with Crippen molar-refractivity contribution in [1.29, 1.82) is 0 Å². The summed E-state index contributed by atoms with van der Waals surface area (Å²) in [5.74, 6) is -0.0363. The van der Waals surface area contributed by atoms with E-state index < -0.39 is 0 Å². The highest BCUT2D eigenvalue weighted by Gasteiger charge is 2.07. The van der Waals surface area contributed by atoms with E-state index in [1.165, 1.54) is 6.92 Å². The average Bonchev–Trinajstić information content (AvgIpc) is 2.48. The van der Waals surface area contributed by atoms with Crippen molar-refractivity contribution in [3.05, 3.63) is 29.2 Å². The first-order chi connectivity index (χ1) is 6.58. The molecule has 0 aliphatic carbocycles. The van der Waals surface area contributed by atoms with Crippen molar-refractivity contribution in [3.8, 4) is 0 Å². The molecule has 14 heavy (non-hydrogen) atoms. The summed E-state index contributed by atoms with van der Waals surface area (Å²) < 4.78 is 1.64. The van der Waals surface area contributed by atoms with Gasteiger partial charge >= 0.3 is 0 Å². The van der Waals surface area contributed by atoms with Crippen LogP contribution in [-0.2, 0) is 0 Å². The number of aryl methyl sites for hydroxylation is 2. The molecule has 0 fully saturated rings. The number of ketones is 1. The summed E-state index contributed by atoms with van der Waals surface area (Å²) in [6.45, 7) is 5.41. The minimum atomic E-state index is -0.0363. The fraction of sp³-hybridized carbons (Fsp3) is 0.300. The highest BCUT2D eigenvalue weighted by Crippen LogP contribution is 2.08. The molecule has 0 radical (unpaired) electrons. The van der Waals surface area contributed by atoms with Crippen molar-refractivity contribution >= 4 is 11.4 Å². The molecule has 0 saturated heterocycles. The van der Waals surface area contributed by atoms with Gasteiger partial charge in [-0.15, -0.1) is 0 Å². The Bertz CT molecular complexity index is 474. The van der Waals surface area contributed by atoms with Gasteiger partial charge in [-0.3, -0.25) is 4.79 Å². The summed E-state index contributed by atoms with van der Waals surface area (Å²) in [4.78, 5) is 15.4. The highest BCUT2D eigenvalue weighted by molar-refractivity contribution is 5.93. The summed E-state index contributed by atoms with van der Waals surface area (Å²) >= 11 is 0. The van der Waals surface area contributed by atoms with E-state index in [-0.39, 0.29) is 5.78 Å². The van der Waals surface area contributed by atoms with Crippen LogP contribution in [0, 0.1) is 13.8 Å². The van der Waals surface area contributed by atoms with Gasteiger partial charge in [0.1, 0.15) is 5.69 Å². The molecule has 2 heterocycles. The molecule has 2 aromatic heterocycles. The van der Waals surface area contributed by atoms with Gasteiger partial charge < -0.3 is 0 Å². The maximum atomic E-state index is 11.1. The van der Waals surface area contributed by atoms with Gasteiger partial charge in [0.25, 0.3) is 0 Å². The first-order valence-electron chi connectivity index (χ1n) is 4.42. The van der Waals surface area contributed by atoms with Crippen LogP contribution in [0.5, 0.6) is 0 Å². The predicted octanol–water partition coefficient (Wildman–Crippen LogP) is 1.55. The minimum Gasteiger partial charge on any atom is -0.293 e. The van der Waals surface area contributed by atoms with E-state index in [0.717, 1.165) is 16.9 Å². The summed E-state index contributed by atoms with van der Waals surface area (Å²) in [6.07, 6.45) is 1.88. The maximum absolute atomic E-state index is 11.1. The quantitative estimate of drug-likeness (QED) is 0.639. The molecule has 0 spiro atoms. The van der Waals surface area contributed by atoms with Crippen LogP contribution in [0.25, 0.3) is 5.65 Å². The third-order valence-electron chi connectivity index (χ3n) is 2.25. The molecule has 0 saturated carbocycles. The van der Waals surface area contributed by atoms with Crippen molar-refractivity contribution in [2.45, 2.75) is 20.8 Å². The van der Waals surface area contributed by atoms with Gasteiger partial charge in [-0.2, -0.15) is 5.10 Å². The van der Waals surface area contributed by atoms with Crippen LogP contribution < -0.4 is 0 Å². The first kappa shape index (κ1) is 8.87. The molecule has 0 aliphatic rings. The van der Waals surface area contributed by atoms with Gasteiger partial charge in [-0.1, -0.05) is 0 Å². The summed E-state index contributed by atoms with van der Waals surface area (Å²) in [5, 5.41) is 4.12. The zero-order valence-corrected chi connectivity index (χ0v) is 8.40. The normalized spacial score (nSPS) is 10.8. The largest absolute Gasteiger partial charge is 0.293 e. The van der Waals surface area contributed by atoms with E-state index >= 15 is 0 Å². The zero-order valence-electron chi connectivity index (χ0n) is 8.40. The Labute approximate surface area is 81.6 Å². The number of Topliss-reactive ketones (excluding diaryl/α,β-unsaturated/α-hetero) is 1. The number of hydrogen-bond donors (Lipinski definition) is 0. The molecule has 4 heteroatoms. The second-order valence-electron chi connectivity index (χ2n) is 3.40. The summed E-state index contributed by atoms with van der Waals surface area (Å²) in [7, 11) is 0. The standard InChI is InChI=1S/C10H11N3O/c1-6-5-13-10(11-7(6)2)4-9(12-13)8(3)14/h4-5H,1-3H3. The molecule has 2 rings (SSSR count). The highest BCUT2D eigenvalue weighted by atomic mass is 16.1. The summed E-state index contributed by atoms with van der Waals surface area (Å²) in [6, 6.07) is 1.70. The van der Waals surface area contributed by atoms with E-state index in [4.69, 9.17) is 0 Å². The molecule has 0 aromatic carbocycles. The molecule has 4 nitrogen and oxygen atoms in total. The summed E-state index contributed by atoms with van der Waals surface area (Å²) in [5.41, 5.74) is 3.21. The van der Waals surface area contributed by atoms with Crippen molar-refractivity contribution in [3.63, 3.8) is 0 Å². The van der Waals surface area contributed by atoms with Crippen molar-refractivity contribution in [2.24, 2.45) is 0 Å². The number of rotatable bonds is 1. The zero-order chi connectivity index (χ0) is 10.3. The number of nitrogens with zero attached hydrogens (tertiary/aromatic N) is 3. The lowest BCUT2D eigenvalue weighted by Gasteiger charge is -1.98. The first-order valence-corrected chi connectivity index (χ1v) is 4.42. The third-order valence-corrected chi connectivity index (χ3v) is 2.25. The molecule has 0 bridgehead atoms. The molecule has 0 N–H and O–H groups in total. The maximum Gasteiger partial charge on any atom is 0.180 e. The SMILES string of the molecule is CC(=O)c1cc2nc(C)c(C)cn2n1. The molecular weight excluding hydrogens is 178 g/mol. The number of hydrogen-bond acceptors (Lipinski definition) is 3. The molecule has 72 valence electrons. The predicted molar refractivity (Wildman–Crippen MR) is 52.5 cm³/mol. The molecule has 2 aromatic rings. The monoisotopic (exact) mass is 189 g/mol. The van der Waals surface area contributed by atoms with Crippen LogP contribution in [0.4, 0.5) is 0 Å². The third kappa shape index (κ3) is 1.28. The van der Waals surface area contributed by atoms with Crippen LogP contribution in [-0.4, -0.2) is 20.4 Å². The Morgan fingerprint density at radius 3 is 2.79 bits per heavy atom. The van der Waals surface area contributed by atoms with E-state index in [1.807, 2.05) is 20.0 Å². The lowest BCUT2D eigenvalue weighted by atomic mass is 10.3. The Kier molecular flexibility index (Phi) is 1.84. The number of aromatic nitrogens is 3. The van der Waals surface area contributed by atoms with E-state index in [0.29, 0.717) is 5.69 Å².